The number of allylic oxidation sites excluding steroid dienone is 6. The summed E-state index contributed by atoms with van der Waals surface area (Å²) in [6, 6.07) is 19.4. The molecule has 0 atom stereocenters. The Morgan fingerprint density at radius 3 is 2.03 bits per heavy atom. The van der Waals surface area contributed by atoms with Crippen LogP contribution in [0.3, 0.4) is 0 Å². The summed E-state index contributed by atoms with van der Waals surface area (Å²) in [7, 11) is 1.90. The van der Waals surface area contributed by atoms with Crippen LogP contribution in [0.5, 0.6) is 0 Å². The molecule has 0 bridgehead atoms. The largest absolute Gasteiger partial charge is 0.377 e. The van der Waals surface area contributed by atoms with Crippen molar-refractivity contribution in [3.05, 3.63) is 108 Å². The van der Waals surface area contributed by atoms with E-state index >= 15 is 0 Å². The molecule has 0 N–H and O–H groups in total. The third kappa shape index (κ3) is 4.40. The van der Waals surface area contributed by atoms with E-state index in [0.29, 0.717) is 11.4 Å². The molecule has 0 saturated heterocycles. The zero-order valence-electron chi connectivity index (χ0n) is 18.6. The summed E-state index contributed by atoms with van der Waals surface area (Å²) in [5, 5.41) is 1.66. The van der Waals surface area contributed by atoms with E-state index in [9.17, 15) is 8.42 Å². The Morgan fingerprint density at radius 1 is 0.750 bits per heavy atom. The standard InChI is InChI=1S/C27H28N2O2S/c1-28(2)26-14-8-13-25-24(26)12-9-15-27(25)32(30,31)29(3)20-21-16-18-23(19-17-21)22-10-6-4-5-7-11-22/h4-19,22H,20H2,1-3H3. The molecule has 0 fully saturated rings. The molecule has 0 amide bonds. The molecule has 0 aliphatic heterocycles. The Bertz CT molecular complexity index is 1290. The minimum absolute atomic E-state index is 0.224. The predicted octanol–water partition coefficient (Wildman–Crippen LogP) is 5.49. The zero-order chi connectivity index (χ0) is 22.7. The van der Waals surface area contributed by atoms with Crippen LogP contribution in [-0.4, -0.2) is 33.9 Å². The van der Waals surface area contributed by atoms with Crippen LogP contribution in [0.15, 0.2) is 102 Å². The highest BCUT2D eigenvalue weighted by Crippen LogP contribution is 2.32. The number of anilines is 1. The summed E-state index contributed by atoms with van der Waals surface area (Å²) in [6.45, 7) is 0.310. The van der Waals surface area contributed by atoms with Gasteiger partial charge < -0.3 is 4.90 Å². The van der Waals surface area contributed by atoms with Crippen molar-refractivity contribution in [3.8, 4) is 0 Å². The van der Waals surface area contributed by atoms with E-state index in [-0.39, 0.29) is 5.92 Å². The zero-order valence-corrected chi connectivity index (χ0v) is 19.5. The van der Waals surface area contributed by atoms with Gasteiger partial charge >= 0.3 is 0 Å². The highest BCUT2D eigenvalue weighted by Gasteiger charge is 2.24. The molecule has 32 heavy (non-hydrogen) atoms. The molecule has 4 nitrogen and oxygen atoms in total. The number of sulfonamides is 1. The van der Waals surface area contributed by atoms with Gasteiger partial charge in [0.05, 0.1) is 4.90 Å². The van der Waals surface area contributed by atoms with Crippen molar-refractivity contribution in [1.29, 1.82) is 0 Å². The van der Waals surface area contributed by atoms with Gasteiger partial charge in [0.1, 0.15) is 0 Å². The second kappa shape index (κ2) is 9.15. The Hall–Kier alpha value is -3.15. The van der Waals surface area contributed by atoms with Gasteiger partial charge in [0.15, 0.2) is 0 Å². The van der Waals surface area contributed by atoms with E-state index < -0.39 is 10.0 Å². The van der Waals surface area contributed by atoms with Crippen LogP contribution >= 0.6 is 0 Å². The molecule has 0 radical (unpaired) electrons. The van der Waals surface area contributed by atoms with E-state index in [2.05, 4.69) is 24.3 Å². The summed E-state index contributed by atoms with van der Waals surface area (Å²) in [5.41, 5.74) is 3.13. The monoisotopic (exact) mass is 444 g/mol. The fourth-order valence-corrected chi connectivity index (χ4v) is 5.38. The molecule has 5 heteroatoms. The van der Waals surface area contributed by atoms with Gasteiger partial charge in [0.2, 0.25) is 10.0 Å². The molecule has 4 rings (SSSR count). The van der Waals surface area contributed by atoms with E-state index in [1.165, 1.54) is 9.87 Å². The average Bonchev–Trinajstić information content (AvgIpc) is 3.08. The molecule has 0 saturated carbocycles. The second-order valence-corrected chi connectivity index (χ2v) is 10.2. The molecular weight excluding hydrogens is 416 g/mol. The number of hydrogen-bond acceptors (Lipinski definition) is 3. The fourth-order valence-electron chi connectivity index (χ4n) is 4.02. The summed E-state index contributed by atoms with van der Waals surface area (Å²) in [4.78, 5) is 2.33. The Labute approximate surface area is 190 Å². The van der Waals surface area contributed by atoms with Crippen LogP contribution < -0.4 is 4.90 Å². The smallest absolute Gasteiger partial charge is 0.243 e. The lowest BCUT2D eigenvalue weighted by molar-refractivity contribution is 0.467. The highest BCUT2D eigenvalue weighted by atomic mass is 32.2. The van der Waals surface area contributed by atoms with Crippen LogP contribution in [0.25, 0.3) is 10.8 Å². The number of fused-ring (bicyclic) bond motifs is 1. The number of rotatable bonds is 6. The average molecular weight is 445 g/mol. The van der Waals surface area contributed by atoms with Gasteiger partial charge in [0.25, 0.3) is 0 Å². The van der Waals surface area contributed by atoms with Gasteiger partial charge in [-0.05, 0) is 23.3 Å². The lowest BCUT2D eigenvalue weighted by Gasteiger charge is -2.21. The molecule has 0 heterocycles. The van der Waals surface area contributed by atoms with Crippen LogP contribution in [0, 0.1) is 0 Å². The first-order valence-electron chi connectivity index (χ1n) is 10.6. The highest BCUT2D eigenvalue weighted by molar-refractivity contribution is 7.89. The van der Waals surface area contributed by atoms with E-state index in [4.69, 9.17) is 0 Å². The first-order chi connectivity index (χ1) is 15.4. The fraction of sp³-hybridized carbons (Fsp3) is 0.185. The summed E-state index contributed by atoms with van der Waals surface area (Å²) in [6.07, 6.45) is 12.4. The molecule has 3 aromatic carbocycles. The van der Waals surface area contributed by atoms with Gasteiger partial charge in [0, 0.05) is 50.1 Å². The van der Waals surface area contributed by atoms with E-state index in [1.54, 1.807) is 13.1 Å². The minimum atomic E-state index is -3.66. The molecule has 0 spiro atoms. The first-order valence-corrected chi connectivity index (χ1v) is 12.1. The van der Waals surface area contributed by atoms with Crippen molar-refractivity contribution in [2.45, 2.75) is 17.4 Å². The van der Waals surface area contributed by atoms with E-state index in [1.807, 2.05) is 85.8 Å². The van der Waals surface area contributed by atoms with Crippen LogP contribution in [0.4, 0.5) is 5.69 Å². The van der Waals surface area contributed by atoms with Crippen molar-refractivity contribution in [3.63, 3.8) is 0 Å². The molecule has 1 aliphatic carbocycles. The third-order valence-electron chi connectivity index (χ3n) is 5.77. The third-order valence-corrected chi connectivity index (χ3v) is 7.63. The first kappa shape index (κ1) is 22.1. The molecule has 0 aromatic heterocycles. The van der Waals surface area contributed by atoms with Gasteiger partial charge in [-0.15, -0.1) is 0 Å². The lowest BCUT2D eigenvalue weighted by atomic mass is 9.97. The quantitative estimate of drug-likeness (QED) is 0.505. The number of benzene rings is 3. The number of nitrogens with zero attached hydrogens (tertiary/aromatic N) is 2. The van der Waals surface area contributed by atoms with Crippen LogP contribution in [-0.2, 0) is 16.6 Å². The molecule has 164 valence electrons. The van der Waals surface area contributed by atoms with Gasteiger partial charge in [-0.3, -0.25) is 0 Å². The van der Waals surface area contributed by atoms with Crippen LogP contribution in [0.2, 0.25) is 0 Å². The van der Waals surface area contributed by atoms with Crippen molar-refractivity contribution >= 4 is 26.5 Å². The summed E-state index contributed by atoms with van der Waals surface area (Å²) < 4.78 is 28.4. The Morgan fingerprint density at radius 2 is 1.38 bits per heavy atom. The summed E-state index contributed by atoms with van der Waals surface area (Å²) in [5.74, 6) is 0.224. The predicted molar refractivity (Wildman–Crippen MR) is 134 cm³/mol. The Balaban J connectivity index is 1.60. The Kier molecular flexibility index (Phi) is 6.31. The van der Waals surface area contributed by atoms with Gasteiger partial charge in [-0.1, -0.05) is 85.0 Å². The SMILES string of the molecule is CN(C)c1cccc2c(S(=O)(=O)N(C)Cc3ccc(C4C=CC=CC=C4)cc3)cccc12. The van der Waals surface area contributed by atoms with Gasteiger partial charge in [-0.2, -0.15) is 4.31 Å². The molecule has 0 unspecified atom stereocenters. The molecule has 3 aromatic rings. The van der Waals surface area contributed by atoms with Crippen molar-refractivity contribution < 1.29 is 8.42 Å². The normalized spacial score (nSPS) is 14.2. The second-order valence-electron chi connectivity index (χ2n) is 8.21. The van der Waals surface area contributed by atoms with E-state index in [0.717, 1.165) is 22.0 Å². The molecular formula is C27H28N2O2S. The van der Waals surface area contributed by atoms with Crippen molar-refractivity contribution in [1.82, 2.24) is 4.31 Å². The lowest BCUT2D eigenvalue weighted by Crippen LogP contribution is -2.26. The molecule has 1 aliphatic rings. The van der Waals surface area contributed by atoms with Gasteiger partial charge in [-0.25, -0.2) is 8.42 Å². The minimum Gasteiger partial charge on any atom is -0.377 e. The maximum absolute atomic E-state index is 13.5. The summed E-state index contributed by atoms with van der Waals surface area (Å²) >= 11 is 0. The van der Waals surface area contributed by atoms with Crippen molar-refractivity contribution in [2.75, 3.05) is 26.0 Å². The van der Waals surface area contributed by atoms with Crippen LogP contribution in [0.1, 0.15) is 17.0 Å². The maximum Gasteiger partial charge on any atom is 0.243 e. The maximum atomic E-state index is 13.5. The number of hydrogen-bond donors (Lipinski definition) is 0. The topological polar surface area (TPSA) is 40.6 Å². The van der Waals surface area contributed by atoms with Crippen molar-refractivity contribution in [2.24, 2.45) is 0 Å².